The van der Waals surface area contributed by atoms with E-state index in [9.17, 15) is 58.8 Å². The van der Waals surface area contributed by atoms with E-state index in [1.807, 2.05) is 97.1 Å². The standard InChI is InChI=1S/2C18H20O2.4C15H11O2.2Ti/c2*1-3-17(13-5-9-15(19)10-6-13)18(4-2)14-7-11-16(20)12-8-14;4*16-14(12-7-3-1-4-8-12)11-15(17)13-9-5-2-6-10-13;;/h2*5-12,19-20H,3-4H2,1-2H3;4*1-11H;;/q;;4*-1;2*+4/p-4/b18-17+;18-17-;;;;;;. The third-order valence-electron chi connectivity index (χ3n) is 16.5. The molecule has 0 radical (unpaired) electrons. The van der Waals surface area contributed by atoms with Crippen LogP contribution < -0.4 is 20.4 Å². The predicted molar refractivity (Wildman–Crippen MR) is 422 cm³/mol. The van der Waals surface area contributed by atoms with Gasteiger partial charge in [-0.25, -0.2) is 0 Å². The van der Waals surface area contributed by atoms with Crippen molar-refractivity contribution >= 4 is 68.6 Å². The Kier molecular flexibility index (Phi) is 38.5. The molecule has 14 heteroatoms. The average Bonchev–Trinajstić information content (AvgIpc) is 0.830. The van der Waals surface area contributed by atoms with E-state index in [0.717, 1.165) is 73.6 Å². The minimum Gasteiger partial charge on any atom is -0.872 e. The van der Waals surface area contributed by atoms with Crippen molar-refractivity contribution in [3.63, 3.8) is 0 Å². The minimum atomic E-state index is -0.264. The Morgan fingerprint density at radius 3 is 0.391 bits per heavy atom. The van der Waals surface area contributed by atoms with Crippen LogP contribution in [-0.2, 0) is 43.4 Å². The molecule has 0 bridgehead atoms. The maximum absolute atomic E-state index is 11.8. The molecule has 0 heterocycles. The van der Waals surface area contributed by atoms with Crippen LogP contribution in [0.4, 0.5) is 0 Å². The fraction of sp³-hybridized carbons (Fsp3) is 0.0833. The van der Waals surface area contributed by atoms with Crippen LogP contribution >= 0.6 is 0 Å². The van der Waals surface area contributed by atoms with Gasteiger partial charge in [0, 0.05) is 0 Å². The maximum Gasteiger partial charge on any atom is 4.00 e. The molecule has 0 amide bonds. The van der Waals surface area contributed by atoms with Crippen LogP contribution in [0, 0.1) is 25.7 Å². The van der Waals surface area contributed by atoms with Gasteiger partial charge in [-0.2, -0.15) is 0 Å². The third-order valence-corrected chi connectivity index (χ3v) is 16.5. The molecule has 12 aromatic carbocycles. The van der Waals surface area contributed by atoms with Gasteiger partial charge in [0.25, 0.3) is 0 Å². The Hall–Kier alpha value is -12.4. The summed E-state index contributed by atoms with van der Waals surface area (Å²) >= 11 is 0. The average molecular weight is 1520 g/mol. The van der Waals surface area contributed by atoms with Crippen molar-refractivity contribution in [2.24, 2.45) is 0 Å². The van der Waals surface area contributed by atoms with Crippen molar-refractivity contribution in [1.29, 1.82) is 0 Å². The van der Waals surface area contributed by atoms with E-state index < -0.39 is 0 Å². The van der Waals surface area contributed by atoms with Crippen LogP contribution in [0.1, 0.15) is 158 Å². The van der Waals surface area contributed by atoms with Gasteiger partial charge in [0.2, 0.25) is 0 Å². The van der Waals surface area contributed by atoms with E-state index in [1.54, 1.807) is 243 Å². The molecule has 0 saturated carbocycles. The van der Waals surface area contributed by atoms with E-state index in [2.05, 4.69) is 27.7 Å². The Bertz CT molecular complexity index is 4060. The number of ketones is 8. The van der Waals surface area contributed by atoms with E-state index >= 15 is 0 Å². The molecule has 110 heavy (non-hydrogen) atoms. The molecule has 12 nitrogen and oxygen atoms in total. The fourth-order valence-electron chi connectivity index (χ4n) is 11.0. The van der Waals surface area contributed by atoms with E-state index in [0.29, 0.717) is 44.5 Å². The molecule has 0 unspecified atom stereocenters. The summed E-state index contributed by atoms with van der Waals surface area (Å²) in [6, 6.07) is 97.8. The second kappa shape index (κ2) is 48.0. The molecule has 0 fully saturated rings. The van der Waals surface area contributed by atoms with Gasteiger partial charge in [0.1, 0.15) is 0 Å². The molecule has 544 valence electrons. The van der Waals surface area contributed by atoms with E-state index in [-0.39, 0.29) is 113 Å². The third kappa shape index (κ3) is 29.0. The normalized spacial score (nSPS) is 10.4. The van der Waals surface area contributed by atoms with Gasteiger partial charge in [-0.05, 0) is 70.2 Å². The molecule has 0 saturated heterocycles. The molecule has 12 aromatic rings. The summed E-state index contributed by atoms with van der Waals surface area (Å²) in [6.07, 6.45) is 8.08. The first-order chi connectivity index (χ1) is 52.4. The quantitative estimate of drug-likeness (QED) is 0.0181. The fourth-order valence-corrected chi connectivity index (χ4v) is 11.0. The molecule has 0 aliphatic carbocycles. The molecule has 0 N–H and O–H groups in total. The van der Waals surface area contributed by atoms with Gasteiger partial charge >= 0.3 is 43.4 Å². The minimum absolute atomic E-state index is 0. The first-order valence-corrected chi connectivity index (χ1v) is 35.1. The Balaban J connectivity index is 0.000000236. The van der Waals surface area contributed by atoms with E-state index in [4.69, 9.17) is 0 Å². The van der Waals surface area contributed by atoms with Crippen LogP contribution in [0.5, 0.6) is 23.0 Å². The van der Waals surface area contributed by atoms with Crippen molar-refractivity contribution < 1.29 is 102 Å². The molecular formula is C96H80O12Ti2. The number of carbonyl (C=O) groups excluding carboxylic acids is 8. The van der Waals surface area contributed by atoms with Crippen molar-refractivity contribution in [3.8, 4) is 23.0 Å². The van der Waals surface area contributed by atoms with Crippen molar-refractivity contribution in [1.82, 2.24) is 0 Å². The summed E-state index contributed by atoms with van der Waals surface area (Å²) in [7, 11) is 0. The topological polar surface area (TPSA) is 229 Å². The zero-order valence-corrected chi connectivity index (χ0v) is 64.5. The Morgan fingerprint density at radius 2 is 0.291 bits per heavy atom. The molecular weight excluding hydrogens is 1440 g/mol. The number of carbonyl (C=O) groups is 8. The maximum atomic E-state index is 11.8. The van der Waals surface area contributed by atoms with Crippen molar-refractivity contribution in [2.45, 2.75) is 53.4 Å². The van der Waals surface area contributed by atoms with Crippen molar-refractivity contribution in [3.05, 3.63) is 432 Å². The monoisotopic (exact) mass is 1520 g/mol. The van der Waals surface area contributed by atoms with Gasteiger partial charge in [0.05, 0.1) is 46.3 Å². The van der Waals surface area contributed by atoms with Crippen LogP contribution in [-0.4, -0.2) is 46.3 Å². The van der Waals surface area contributed by atoms with Crippen LogP contribution in [0.15, 0.2) is 340 Å². The summed E-state index contributed by atoms with van der Waals surface area (Å²) in [4.78, 5) is 94.0. The van der Waals surface area contributed by atoms with Gasteiger partial charge in [-0.15, -0.1) is 120 Å². The molecule has 0 atom stereocenters. The van der Waals surface area contributed by atoms with Gasteiger partial charge in [-0.1, -0.05) is 341 Å². The number of hydrogen-bond donors (Lipinski definition) is 0. The summed E-state index contributed by atoms with van der Waals surface area (Å²) in [5.74, 6) is -2.01. The zero-order chi connectivity index (χ0) is 77.4. The molecule has 0 spiro atoms. The first-order valence-electron chi connectivity index (χ1n) is 35.1. The summed E-state index contributed by atoms with van der Waals surface area (Å²) in [6.45, 7) is 8.44. The summed E-state index contributed by atoms with van der Waals surface area (Å²) < 4.78 is 0. The molecule has 0 aliphatic rings. The van der Waals surface area contributed by atoms with E-state index in [1.165, 1.54) is 22.3 Å². The Morgan fingerprint density at radius 1 is 0.182 bits per heavy atom. The largest absolute Gasteiger partial charge is 4.00 e. The number of Topliss-reactive ketones (excluding diaryl/α,β-unsaturated/α-hetero) is 8. The Labute approximate surface area is 674 Å². The smallest absolute Gasteiger partial charge is 0.872 e. The number of allylic oxidation sites excluding steroid dienone is 4. The molecule has 0 aliphatic heterocycles. The number of rotatable bonds is 24. The van der Waals surface area contributed by atoms with Crippen LogP contribution in [0.25, 0.3) is 22.3 Å². The van der Waals surface area contributed by atoms with Crippen LogP contribution in [0.2, 0.25) is 0 Å². The van der Waals surface area contributed by atoms with Gasteiger partial charge in [0.15, 0.2) is 0 Å². The zero-order valence-electron chi connectivity index (χ0n) is 61.4. The second-order valence-corrected chi connectivity index (χ2v) is 23.8. The van der Waals surface area contributed by atoms with Gasteiger partial charge < -0.3 is 58.8 Å². The molecule has 12 rings (SSSR count). The van der Waals surface area contributed by atoms with Crippen LogP contribution in [0.3, 0.4) is 0 Å². The SMILES string of the molecule is CC/C(=C(/CC)c1ccc([O-])cc1)c1ccc([O-])cc1.CC/C(=C(\CC)c1ccc([O-])cc1)c1ccc([O-])cc1.O=C([CH-]C(=O)c1ccccc1)c1ccccc1.O=C([CH-]C(=O)c1ccccc1)c1ccccc1.O=C([CH-]C(=O)c1ccccc1)c1ccccc1.O=C([CH-]C(=O)c1ccccc1)c1ccccc1.[Ti+4].[Ti+4]. The first kappa shape index (κ1) is 88.2. The van der Waals surface area contributed by atoms with Gasteiger partial charge in [-0.3, -0.25) is 0 Å². The molecule has 0 aromatic heterocycles. The number of benzene rings is 12. The second-order valence-electron chi connectivity index (χ2n) is 23.8. The summed E-state index contributed by atoms with van der Waals surface area (Å²) in [5, 5.41) is 44.9. The number of hydrogen-bond acceptors (Lipinski definition) is 12. The predicted octanol–water partition coefficient (Wildman–Crippen LogP) is 19.0. The van der Waals surface area contributed by atoms with Crippen molar-refractivity contribution in [2.75, 3.05) is 0 Å². The summed E-state index contributed by atoms with van der Waals surface area (Å²) in [5.41, 5.74) is 13.4.